The second-order valence-electron chi connectivity index (χ2n) is 7.00. The Morgan fingerprint density at radius 2 is 1.80 bits per heavy atom. The van der Waals surface area contributed by atoms with Crippen LogP contribution in [0.5, 0.6) is 0 Å². The minimum absolute atomic E-state index is 0.188. The molecule has 182 valence electrons. The van der Waals surface area contributed by atoms with E-state index in [4.69, 9.17) is 34.2 Å². The molecule has 3 aromatic heterocycles. The van der Waals surface area contributed by atoms with Crippen LogP contribution in [0, 0.1) is 11.3 Å². The molecular weight excluding hydrogens is 506 g/mol. The van der Waals surface area contributed by atoms with Gasteiger partial charge in [-0.15, -0.1) is 0 Å². The molecule has 0 unspecified atom stereocenters. The van der Waals surface area contributed by atoms with Crippen LogP contribution in [-0.2, 0) is 0 Å². The SMILES string of the molecule is CC(F)(F)F.N#Cc1ccc(NCCNc2nc(-c3ccc(Cl)cc3Cl)cc3ncnn23)nc1N. The summed E-state index contributed by atoms with van der Waals surface area (Å²) in [4.78, 5) is 13.0. The van der Waals surface area contributed by atoms with Crippen LogP contribution in [0.2, 0.25) is 10.0 Å². The number of nitrogens with zero attached hydrogens (tertiary/aromatic N) is 6. The number of benzene rings is 1. The Kier molecular flexibility index (Phi) is 8.16. The van der Waals surface area contributed by atoms with Gasteiger partial charge in [-0.3, -0.25) is 0 Å². The predicted octanol–water partition coefficient (Wildman–Crippen LogP) is 5.04. The number of rotatable bonds is 6. The van der Waals surface area contributed by atoms with E-state index in [1.807, 2.05) is 12.1 Å². The zero-order chi connectivity index (χ0) is 25.6. The number of nitrogen functional groups attached to an aromatic ring is 1. The fraction of sp³-hybridized carbons (Fsp3) is 0.190. The van der Waals surface area contributed by atoms with Gasteiger partial charge in [0.2, 0.25) is 5.95 Å². The van der Waals surface area contributed by atoms with E-state index in [1.54, 1.807) is 34.8 Å². The van der Waals surface area contributed by atoms with E-state index in [9.17, 15) is 13.2 Å². The van der Waals surface area contributed by atoms with E-state index in [-0.39, 0.29) is 12.7 Å². The first-order chi connectivity index (χ1) is 16.5. The maximum atomic E-state index is 10.4. The van der Waals surface area contributed by atoms with Crippen molar-refractivity contribution in [3.05, 3.63) is 58.3 Å². The summed E-state index contributed by atoms with van der Waals surface area (Å²) in [6.45, 7) is 1.23. The van der Waals surface area contributed by atoms with Crippen LogP contribution in [0.3, 0.4) is 0 Å². The highest BCUT2D eigenvalue weighted by Crippen LogP contribution is 2.30. The molecule has 35 heavy (non-hydrogen) atoms. The molecule has 0 bridgehead atoms. The summed E-state index contributed by atoms with van der Waals surface area (Å²) in [5, 5.41) is 20.5. The van der Waals surface area contributed by atoms with Gasteiger partial charge in [0.05, 0.1) is 16.3 Å². The number of anilines is 3. The molecule has 4 aromatic rings. The number of alkyl halides is 3. The molecule has 14 heteroatoms. The van der Waals surface area contributed by atoms with Crippen molar-refractivity contribution >= 4 is 46.4 Å². The standard InChI is InChI=1S/C19H15Cl2N9.C2H3F3/c20-12-2-3-13(14(21)7-12)15-8-17-26-10-27-30(17)19(28-15)25-6-5-24-16-4-1-11(9-22)18(23)29-16;1-2(3,4)5/h1-4,7-8,10H,5-6H2,(H,25,28)(H3,23,24,29);1H3. The Labute approximate surface area is 207 Å². The minimum atomic E-state index is -4.00. The summed E-state index contributed by atoms with van der Waals surface area (Å²) in [5.74, 6) is 1.28. The lowest BCUT2D eigenvalue weighted by molar-refractivity contribution is -0.110. The zero-order valence-corrected chi connectivity index (χ0v) is 19.6. The van der Waals surface area contributed by atoms with Crippen molar-refractivity contribution in [2.24, 2.45) is 0 Å². The summed E-state index contributed by atoms with van der Waals surface area (Å²) in [6.07, 6.45) is -2.54. The van der Waals surface area contributed by atoms with Crippen LogP contribution in [0.4, 0.5) is 30.8 Å². The first kappa shape index (κ1) is 25.8. The summed E-state index contributed by atoms with van der Waals surface area (Å²) in [6, 6.07) is 12.3. The lowest BCUT2D eigenvalue weighted by atomic mass is 10.1. The Morgan fingerprint density at radius 1 is 1.09 bits per heavy atom. The molecule has 0 saturated carbocycles. The Bertz CT molecular complexity index is 1360. The number of pyridine rings is 1. The van der Waals surface area contributed by atoms with Crippen molar-refractivity contribution in [2.75, 3.05) is 29.5 Å². The minimum Gasteiger partial charge on any atom is -0.383 e. The number of fused-ring (bicyclic) bond motifs is 1. The monoisotopic (exact) mass is 523 g/mol. The number of hydrogen-bond acceptors (Lipinski definition) is 8. The van der Waals surface area contributed by atoms with Crippen molar-refractivity contribution in [2.45, 2.75) is 13.1 Å². The fourth-order valence-corrected chi connectivity index (χ4v) is 3.32. The van der Waals surface area contributed by atoms with Crippen molar-refractivity contribution in [3.63, 3.8) is 0 Å². The molecule has 0 atom stereocenters. The first-order valence-electron chi connectivity index (χ1n) is 9.92. The third-order valence-corrected chi connectivity index (χ3v) is 4.78. The van der Waals surface area contributed by atoms with Crippen LogP contribution >= 0.6 is 23.2 Å². The highest BCUT2D eigenvalue weighted by Gasteiger charge is 2.15. The Balaban J connectivity index is 0.000000623. The number of nitrogens with one attached hydrogen (secondary N) is 2. The highest BCUT2D eigenvalue weighted by atomic mass is 35.5. The smallest absolute Gasteiger partial charge is 0.383 e. The van der Waals surface area contributed by atoms with E-state index in [1.165, 1.54) is 6.33 Å². The largest absolute Gasteiger partial charge is 0.386 e. The van der Waals surface area contributed by atoms with Crippen molar-refractivity contribution in [1.29, 1.82) is 5.26 Å². The Morgan fingerprint density at radius 3 is 2.46 bits per heavy atom. The molecule has 9 nitrogen and oxygen atoms in total. The van der Waals surface area contributed by atoms with Crippen molar-refractivity contribution in [3.8, 4) is 17.3 Å². The quantitative estimate of drug-likeness (QED) is 0.299. The maximum absolute atomic E-state index is 10.4. The molecule has 4 N–H and O–H groups in total. The summed E-state index contributed by atoms with van der Waals surface area (Å²) >= 11 is 12.3. The molecule has 0 aliphatic heterocycles. The fourth-order valence-electron chi connectivity index (χ4n) is 2.81. The molecule has 1 aromatic carbocycles. The van der Waals surface area contributed by atoms with E-state index >= 15 is 0 Å². The van der Waals surface area contributed by atoms with E-state index in [0.29, 0.717) is 51.8 Å². The van der Waals surface area contributed by atoms with Gasteiger partial charge in [0.25, 0.3) is 0 Å². The number of nitrogens with two attached hydrogens (primary N) is 1. The highest BCUT2D eigenvalue weighted by molar-refractivity contribution is 6.36. The third kappa shape index (κ3) is 7.33. The molecule has 0 aliphatic carbocycles. The van der Waals surface area contributed by atoms with Gasteiger partial charge in [0, 0.05) is 36.7 Å². The van der Waals surface area contributed by atoms with Gasteiger partial charge in [-0.2, -0.15) is 28.0 Å². The number of halogens is 5. The predicted molar refractivity (Wildman–Crippen MR) is 128 cm³/mol. The first-order valence-corrected chi connectivity index (χ1v) is 10.7. The number of aromatic nitrogens is 5. The van der Waals surface area contributed by atoms with Gasteiger partial charge >= 0.3 is 6.18 Å². The maximum Gasteiger partial charge on any atom is 0.386 e. The summed E-state index contributed by atoms with van der Waals surface area (Å²) < 4.78 is 32.7. The number of hydrogen-bond donors (Lipinski definition) is 3. The molecule has 4 rings (SSSR count). The second kappa shape index (κ2) is 11.1. The molecule has 0 fully saturated rings. The third-order valence-electron chi connectivity index (χ3n) is 4.23. The van der Waals surface area contributed by atoms with Crippen LogP contribution in [0.15, 0.2) is 42.7 Å². The van der Waals surface area contributed by atoms with Crippen molar-refractivity contribution in [1.82, 2.24) is 24.6 Å². The van der Waals surface area contributed by atoms with Gasteiger partial charge in [0.15, 0.2) is 5.65 Å². The molecule has 0 saturated heterocycles. The second-order valence-corrected chi connectivity index (χ2v) is 7.84. The van der Waals surface area contributed by atoms with Gasteiger partial charge in [0.1, 0.15) is 24.0 Å². The van der Waals surface area contributed by atoms with Crippen LogP contribution in [0.25, 0.3) is 16.9 Å². The molecule has 0 amide bonds. The Hall–Kier alpha value is -3.82. The number of nitriles is 1. The van der Waals surface area contributed by atoms with E-state index < -0.39 is 6.18 Å². The van der Waals surface area contributed by atoms with Gasteiger partial charge in [-0.25, -0.2) is 15.0 Å². The van der Waals surface area contributed by atoms with Gasteiger partial charge in [-0.1, -0.05) is 23.2 Å². The van der Waals surface area contributed by atoms with E-state index in [2.05, 4.69) is 30.7 Å². The molecule has 3 heterocycles. The average Bonchev–Trinajstić information content (AvgIpc) is 3.24. The van der Waals surface area contributed by atoms with Crippen molar-refractivity contribution < 1.29 is 13.2 Å². The summed E-state index contributed by atoms with van der Waals surface area (Å²) in [5.41, 5.74) is 8.09. The summed E-state index contributed by atoms with van der Waals surface area (Å²) in [7, 11) is 0. The van der Waals surface area contributed by atoms with E-state index in [0.717, 1.165) is 5.56 Å². The van der Waals surface area contributed by atoms with Crippen LogP contribution in [0.1, 0.15) is 12.5 Å². The molecule has 0 aliphatic rings. The lowest BCUT2D eigenvalue weighted by Crippen LogP contribution is -2.17. The topological polar surface area (TPSA) is 130 Å². The van der Waals surface area contributed by atoms with Gasteiger partial charge in [-0.05, 0) is 30.3 Å². The lowest BCUT2D eigenvalue weighted by Gasteiger charge is -2.11. The zero-order valence-electron chi connectivity index (χ0n) is 18.1. The van der Waals surface area contributed by atoms with Crippen LogP contribution < -0.4 is 16.4 Å². The average molecular weight is 524 g/mol. The molecule has 0 spiro atoms. The molecular formula is C21H18Cl2F3N9. The normalized spacial score (nSPS) is 10.9. The molecule has 0 radical (unpaired) electrons. The van der Waals surface area contributed by atoms with Crippen LogP contribution in [-0.4, -0.2) is 43.8 Å². The van der Waals surface area contributed by atoms with Gasteiger partial charge < -0.3 is 16.4 Å².